The molecule has 2 fully saturated rings. The fourth-order valence-corrected chi connectivity index (χ4v) is 4.14. The average Bonchev–Trinajstić information content (AvgIpc) is 3.16. The standard InChI is InChI=1S/C19H25N5OS/c1-13-5-7-15(8-6-13)20-17(25)14(2)26-19-22-21-18(23-11-3-4-12-23)24(19)16-9-10-16/h5-8,14,16H,3-4,9-12H2,1-2H3,(H,20,25). The Labute approximate surface area is 158 Å². The number of amides is 1. The summed E-state index contributed by atoms with van der Waals surface area (Å²) in [6.07, 6.45) is 4.79. The second kappa shape index (κ2) is 7.31. The van der Waals surface area contributed by atoms with Gasteiger partial charge in [-0.15, -0.1) is 10.2 Å². The number of rotatable bonds is 6. The number of anilines is 2. The van der Waals surface area contributed by atoms with Crippen LogP contribution < -0.4 is 10.2 Å². The molecule has 2 aromatic rings. The molecule has 7 heteroatoms. The van der Waals surface area contributed by atoms with E-state index >= 15 is 0 Å². The molecule has 2 heterocycles. The van der Waals surface area contributed by atoms with E-state index in [1.165, 1.54) is 43.0 Å². The van der Waals surface area contributed by atoms with E-state index in [1.54, 1.807) is 0 Å². The van der Waals surface area contributed by atoms with Crippen LogP contribution >= 0.6 is 11.8 Å². The summed E-state index contributed by atoms with van der Waals surface area (Å²) in [7, 11) is 0. The third kappa shape index (κ3) is 3.72. The van der Waals surface area contributed by atoms with Gasteiger partial charge in [0.05, 0.1) is 5.25 Å². The minimum atomic E-state index is -0.232. The fraction of sp³-hybridized carbons (Fsp3) is 0.526. The molecule has 1 unspecified atom stereocenters. The lowest BCUT2D eigenvalue weighted by molar-refractivity contribution is -0.115. The van der Waals surface area contributed by atoms with Crippen LogP contribution in [0.15, 0.2) is 29.4 Å². The van der Waals surface area contributed by atoms with Crippen molar-refractivity contribution in [2.24, 2.45) is 0 Å². The second-order valence-corrected chi connectivity index (χ2v) is 8.50. The van der Waals surface area contributed by atoms with Crippen molar-refractivity contribution in [2.75, 3.05) is 23.3 Å². The zero-order valence-corrected chi connectivity index (χ0v) is 16.1. The summed E-state index contributed by atoms with van der Waals surface area (Å²) in [5, 5.41) is 12.5. The Bertz CT molecular complexity index is 778. The first-order chi connectivity index (χ1) is 12.6. The van der Waals surface area contributed by atoms with Crippen molar-refractivity contribution in [3.63, 3.8) is 0 Å². The van der Waals surface area contributed by atoms with E-state index in [0.717, 1.165) is 29.9 Å². The zero-order valence-electron chi connectivity index (χ0n) is 15.3. The first-order valence-corrected chi connectivity index (χ1v) is 10.2. The number of thioether (sulfide) groups is 1. The number of aromatic nitrogens is 3. The van der Waals surface area contributed by atoms with Gasteiger partial charge in [-0.3, -0.25) is 9.36 Å². The largest absolute Gasteiger partial charge is 0.341 e. The minimum Gasteiger partial charge on any atom is -0.341 e. The molecule has 0 spiro atoms. The summed E-state index contributed by atoms with van der Waals surface area (Å²) in [5.74, 6) is 0.977. The van der Waals surface area contributed by atoms with Gasteiger partial charge in [0.1, 0.15) is 0 Å². The van der Waals surface area contributed by atoms with Crippen LogP contribution in [-0.2, 0) is 4.79 Å². The molecule has 1 aliphatic heterocycles. The van der Waals surface area contributed by atoms with Gasteiger partial charge in [-0.1, -0.05) is 29.5 Å². The molecule has 26 heavy (non-hydrogen) atoms. The van der Waals surface area contributed by atoms with Gasteiger partial charge in [-0.2, -0.15) is 0 Å². The second-order valence-electron chi connectivity index (χ2n) is 7.19. The summed E-state index contributed by atoms with van der Waals surface area (Å²) in [4.78, 5) is 14.9. The van der Waals surface area contributed by atoms with Crippen LogP contribution in [0.3, 0.4) is 0 Å². The van der Waals surface area contributed by atoms with Gasteiger partial charge in [-0.05, 0) is 51.7 Å². The summed E-state index contributed by atoms with van der Waals surface area (Å²) < 4.78 is 2.26. The maximum absolute atomic E-state index is 12.6. The third-order valence-corrected chi connectivity index (χ3v) is 5.97. The summed E-state index contributed by atoms with van der Waals surface area (Å²) in [5.41, 5.74) is 2.01. The van der Waals surface area contributed by atoms with Crippen LogP contribution in [0.25, 0.3) is 0 Å². The summed E-state index contributed by atoms with van der Waals surface area (Å²) >= 11 is 1.50. The lowest BCUT2D eigenvalue weighted by Crippen LogP contribution is -2.24. The molecular formula is C19H25N5OS. The fourth-order valence-electron chi connectivity index (χ4n) is 3.23. The molecule has 6 nitrogen and oxygen atoms in total. The molecule has 138 valence electrons. The van der Waals surface area contributed by atoms with Crippen molar-refractivity contribution in [2.45, 2.75) is 56.0 Å². The highest BCUT2D eigenvalue weighted by Crippen LogP contribution is 2.42. The van der Waals surface area contributed by atoms with E-state index in [9.17, 15) is 4.79 Å². The van der Waals surface area contributed by atoms with Crippen LogP contribution in [0.5, 0.6) is 0 Å². The molecule has 1 amide bonds. The highest BCUT2D eigenvalue weighted by atomic mass is 32.2. The molecule has 4 rings (SSSR count). The first-order valence-electron chi connectivity index (χ1n) is 9.36. The lowest BCUT2D eigenvalue weighted by atomic mass is 10.2. The van der Waals surface area contributed by atoms with Gasteiger partial charge in [0.25, 0.3) is 0 Å². The Morgan fingerprint density at radius 2 is 1.88 bits per heavy atom. The molecule has 0 bridgehead atoms. The number of nitrogens with zero attached hydrogens (tertiary/aromatic N) is 4. The molecular weight excluding hydrogens is 346 g/mol. The number of benzene rings is 1. The predicted octanol–water partition coefficient (Wildman–Crippen LogP) is 3.64. The highest BCUT2D eigenvalue weighted by Gasteiger charge is 2.33. The minimum absolute atomic E-state index is 0.00748. The summed E-state index contributed by atoms with van der Waals surface area (Å²) in [6.45, 7) is 6.07. The van der Waals surface area contributed by atoms with Crippen molar-refractivity contribution in [1.82, 2.24) is 14.8 Å². The molecule has 1 saturated heterocycles. The number of carbonyl (C=O) groups excluding carboxylic acids is 1. The normalized spacial score (nSPS) is 18.2. The number of hydrogen-bond acceptors (Lipinski definition) is 5. The lowest BCUT2D eigenvalue weighted by Gasteiger charge is -2.18. The zero-order chi connectivity index (χ0) is 18.1. The maximum atomic E-state index is 12.6. The SMILES string of the molecule is Cc1ccc(NC(=O)C(C)Sc2nnc(N3CCCC3)n2C2CC2)cc1. The van der Waals surface area contributed by atoms with E-state index in [4.69, 9.17) is 0 Å². The molecule has 1 saturated carbocycles. The molecule has 1 aromatic carbocycles. The van der Waals surface area contributed by atoms with Gasteiger partial charge in [0.2, 0.25) is 11.9 Å². The highest BCUT2D eigenvalue weighted by molar-refractivity contribution is 8.00. The van der Waals surface area contributed by atoms with Gasteiger partial charge in [-0.25, -0.2) is 0 Å². The van der Waals surface area contributed by atoms with Crippen molar-refractivity contribution in [3.05, 3.63) is 29.8 Å². The van der Waals surface area contributed by atoms with Gasteiger partial charge < -0.3 is 10.2 Å². The molecule has 1 aromatic heterocycles. The number of nitrogens with one attached hydrogen (secondary N) is 1. The Balaban J connectivity index is 1.46. The Hall–Kier alpha value is -2.02. The molecule has 0 radical (unpaired) electrons. The van der Waals surface area contributed by atoms with Crippen molar-refractivity contribution < 1.29 is 4.79 Å². The van der Waals surface area contributed by atoms with E-state index in [-0.39, 0.29) is 11.2 Å². The average molecular weight is 372 g/mol. The monoisotopic (exact) mass is 371 g/mol. The van der Waals surface area contributed by atoms with Crippen LogP contribution in [0, 0.1) is 6.92 Å². The Morgan fingerprint density at radius 1 is 1.19 bits per heavy atom. The first kappa shape index (κ1) is 17.4. The van der Waals surface area contributed by atoms with Gasteiger partial charge in [0.15, 0.2) is 5.16 Å². The van der Waals surface area contributed by atoms with Gasteiger partial charge in [0, 0.05) is 24.8 Å². The number of carbonyl (C=O) groups is 1. The predicted molar refractivity (Wildman–Crippen MR) is 105 cm³/mol. The van der Waals surface area contributed by atoms with Gasteiger partial charge >= 0.3 is 0 Å². The third-order valence-electron chi connectivity index (χ3n) is 4.92. The maximum Gasteiger partial charge on any atom is 0.237 e. The molecule has 1 atom stereocenters. The van der Waals surface area contributed by atoms with Crippen molar-refractivity contribution >= 4 is 29.3 Å². The van der Waals surface area contributed by atoms with E-state index in [2.05, 4.69) is 25.0 Å². The smallest absolute Gasteiger partial charge is 0.237 e. The molecule has 1 aliphatic carbocycles. The van der Waals surface area contributed by atoms with Crippen LogP contribution in [-0.4, -0.2) is 39.0 Å². The number of hydrogen-bond donors (Lipinski definition) is 1. The van der Waals surface area contributed by atoms with Crippen LogP contribution in [0.4, 0.5) is 11.6 Å². The van der Waals surface area contributed by atoms with Crippen LogP contribution in [0.1, 0.15) is 44.2 Å². The van der Waals surface area contributed by atoms with E-state index < -0.39 is 0 Å². The Morgan fingerprint density at radius 3 is 2.54 bits per heavy atom. The summed E-state index contributed by atoms with van der Waals surface area (Å²) in [6, 6.07) is 8.36. The van der Waals surface area contributed by atoms with Crippen LogP contribution in [0.2, 0.25) is 0 Å². The van der Waals surface area contributed by atoms with Crippen molar-refractivity contribution in [3.8, 4) is 0 Å². The van der Waals surface area contributed by atoms with E-state index in [0.29, 0.717) is 6.04 Å². The molecule has 2 aliphatic rings. The Kier molecular flexibility index (Phi) is 4.89. The topological polar surface area (TPSA) is 63.1 Å². The molecule has 1 N–H and O–H groups in total. The quantitative estimate of drug-likeness (QED) is 0.786. The van der Waals surface area contributed by atoms with E-state index in [1.807, 2.05) is 38.1 Å². The number of aryl methyl sites for hydroxylation is 1. The van der Waals surface area contributed by atoms with Crippen molar-refractivity contribution in [1.29, 1.82) is 0 Å².